The number of anilines is 1. The number of nitrogens with zero attached hydrogens (tertiary/aromatic N) is 2. The lowest BCUT2D eigenvalue weighted by Crippen LogP contribution is -2.25. The Labute approximate surface area is 99.3 Å². The van der Waals surface area contributed by atoms with E-state index in [1.807, 2.05) is 0 Å². The Morgan fingerprint density at radius 3 is 2.75 bits per heavy atom. The highest BCUT2D eigenvalue weighted by Crippen LogP contribution is 2.28. The van der Waals surface area contributed by atoms with Gasteiger partial charge >= 0.3 is 6.15 Å². The lowest BCUT2D eigenvalue weighted by atomic mass is 10.2. The van der Waals surface area contributed by atoms with E-state index in [4.69, 9.17) is 9.59 Å². The molecule has 0 aliphatic carbocycles. The number of thiazole rings is 1. The molecule has 0 saturated carbocycles. The predicted molar refractivity (Wildman–Crippen MR) is 62.5 cm³/mol. The molecule has 2 heterocycles. The number of rotatable bonds is 2. The summed E-state index contributed by atoms with van der Waals surface area (Å²) in [7, 11) is 0. The maximum absolute atomic E-state index is 8.12. The predicted octanol–water partition coefficient (Wildman–Crippen LogP) is 2.11. The lowest BCUT2D eigenvalue weighted by Gasteiger charge is -2.19. The molecule has 2 rings (SSSR count). The van der Waals surface area contributed by atoms with Gasteiger partial charge in [-0.15, -0.1) is 11.3 Å². The van der Waals surface area contributed by atoms with Crippen molar-refractivity contribution < 1.29 is 9.59 Å². The van der Waals surface area contributed by atoms with E-state index < -0.39 is 0 Å². The molecule has 0 amide bonds. The molecule has 1 saturated heterocycles. The fraction of sp³-hybridized carbons (Fsp3) is 0.636. The van der Waals surface area contributed by atoms with E-state index in [0.717, 1.165) is 6.42 Å². The van der Waals surface area contributed by atoms with Crippen molar-refractivity contribution in [2.24, 2.45) is 0 Å². The first-order chi connectivity index (χ1) is 7.72. The Balaban J connectivity index is 0.000000386. The molecule has 1 aromatic heterocycles. The number of aromatic nitrogens is 1. The van der Waals surface area contributed by atoms with Crippen LogP contribution in [-0.2, 0) is 16.0 Å². The molecule has 1 aliphatic rings. The van der Waals surface area contributed by atoms with Crippen LogP contribution in [0.1, 0.15) is 32.4 Å². The van der Waals surface area contributed by atoms with Gasteiger partial charge in [-0.1, -0.05) is 6.92 Å². The van der Waals surface area contributed by atoms with Crippen LogP contribution in [0, 0.1) is 0 Å². The van der Waals surface area contributed by atoms with Crippen molar-refractivity contribution in [3.05, 3.63) is 11.1 Å². The summed E-state index contributed by atoms with van der Waals surface area (Å²) in [5.41, 5.74) is 1.24. The first kappa shape index (κ1) is 12.9. The molecule has 0 radical (unpaired) electrons. The van der Waals surface area contributed by atoms with E-state index in [1.54, 1.807) is 11.3 Å². The van der Waals surface area contributed by atoms with Crippen molar-refractivity contribution in [3.8, 4) is 0 Å². The highest BCUT2D eigenvalue weighted by Gasteiger charge is 2.22. The van der Waals surface area contributed by atoms with Gasteiger partial charge in [-0.25, -0.2) is 4.98 Å². The molecule has 88 valence electrons. The van der Waals surface area contributed by atoms with E-state index in [0.29, 0.717) is 6.04 Å². The summed E-state index contributed by atoms with van der Waals surface area (Å²) >= 11 is 1.79. The summed E-state index contributed by atoms with van der Waals surface area (Å²) < 4.78 is 0. The summed E-state index contributed by atoms with van der Waals surface area (Å²) in [5.74, 6) is 0. The van der Waals surface area contributed by atoms with E-state index >= 15 is 0 Å². The van der Waals surface area contributed by atoms with Crippen LogP contribution in [0.2, 0.25) is 0 Å². The third kappa shape index (κ3) is 3.15. The van der Waals surface area contributed by atoms with Crippen molar-refractivity contribution in [3.63, 3.8) is 0 Å². The van der Waals surface area contributed by atoms with E-state index in [-0.39, 0.29) is 6.15 Å². The molecule has 5 heteroatoms. The fourth-order valence-electron chi connectivity index (χ4n) is 1.81. The zero-order valence-corrected chi connectivity index (χ0v) is 10.4. The SMILES string of the molecule is CCc1csc(N2CCC[C@@H]2C)n1.O=C=O. The van der Waals surface area contributed by atoms with Gasteiger partial charge in [0.05, 0.1) is 5.69 Å². The smallest absolute Gasteiger partial charge is 0.345 e. The molecule has 16 heavy (non-hydrogen) atoms. The van der Waals surface area contributed by atoms with Gasteiger partial charge in [-0.05, 0) is 26.2 Å². The van der Waals surface area contributed by atoms with Gasteiger partial charge in [0.1, 0.15) is 0 Å². The second-order valence-corrected chi connectivity index (χ2v) is 4.58. The lowest BCUT2D eigenvalue weighted by molar-refractivity contribution is -0.191. The van der Waals surface area contributed by atoms with Gasteiger partial charge in [0, 0.05) is 18.0 Å². The third-order valence-electron chi connectivity index (χ3n) is 2.70. The van der Waals surface area contributed by atoms with E-state index in [2.05, 4.69) is 29.1 Å². The average Bonchev–Trinajstić information content (AvgIpc) is 2.86. The quantitative estimate of drug-likeness (QED) is 0.794. The summed E-state index contributed by atoms with van der Waals surface area (Å²) in [6, 6.07) is 0.691. The van der Waals surface area contributed by atoms with Crippen LogP contribution in [0.5, 0.6) is 0 Å². The molecule has 0 bridgehead atoms. The fourth-order valence-corrected chi connectivity index (χ4v) is 2.85. The van der Waals surface area contributed by atoms with Gasteiger partial charge in [0.2, 0.25) is 0 Å². The molecule has 0 spiro atoms. The minimum Gasteiger partial charge on any atom is -0.345 e. The minimum atomic E-state index is 0.250. The van der Waals surface area contributed by atoms with Crippen LogP contribution >= 0.6 is 11.3 Å². The number of hydrogen-bond acceptors (Lipinski definition) is 5. The second kappa shape index (κ2) is 6.40. The molecule has 0 unspecified atom stereocenters. The van der Waals surface area contributed by atoms with Gasteiger partial charge in [-0.3, -0.25) is 0 Å². The molecule has 1 aliphatic heterocycles. The molecule has 1 atom stereocenters. The van der Waals surface area contributed by atoms with Crippen molar-refractivity contribution in [2.45, 2.75) is 39.2 Å². The summed E-state index contributed by atoms with van der Waals surface area (Å²) in [6.07, 6.45) is 3.95. The van der Waals surface area contributed by atoms with Crippen LogP contribution < -0.4 is 4.90 Å². The highest BCUT2D eigenvalue weighted by molar-refractivity contribution is 7.13. The summed E-state index contributed by atoms with van der Waals surface area (Å²) in [6.45, 7) is 5.64. The Kier molecular flexibility index (Phi) is 5.15. The Morgan fingerprint density at radius 1 is 1.62 bits per heavy atom. The number of aryl methyl sites for hydroxylation is 1. The third-order valence-corrected chi connectivity index (χ3v) is 3.63. The van der Waals surface area contributed by atoms with Crippen LogP contribution in [0.25, 0.3) is 0 Å². The van der Waals surface area contributed by atoms with Crippen LogP contribution in [0.15, 0.2) is 5.38 Å². The average molecular weight is 240 g/mol. The van der Waals surface area contributed by atoms with Crippen molar-refractivity contribution in [2.75, 3.05) is 11.4 Å². The number of hydrogen-bond donors (Lipinski definition) is 0. The van der Waals surface area contributed by atoms with Gasteiger partial charge in [0.15, 0.2) is 5.13 Å². The minimum absolute atomic E-state index is 0.250. The molecule has 4 nitrogen and oxygen atoms in total. The van der Waals surface area contributed by atoms with Gasteiger partial charge < -0.3 is 4.90 Å². The van der Waals surface area contributed by atoms with E-state index in [1.165, 1.54) is 30.2 Å². The topological polar surface area (TPSA) is 50.3 Å². The molecule has 0 aromatic carbocycles. The zero-order valence-electron chi connectivity index (χ0n) is 9.60. The Morgan fingerprint density at radius 2 is 2.31 bits per heavy atom. The molecule has 1 fully saturated rings. The van der Waals surface area contributed by atoms with Crippen molar-refractivity contribution >= 4 is 22.6 Å². The van der Waals surface area contributed by atoms with Crippen LogP contribution in [-0.4, -0.2) is 23.7 Å². The van der Waals surface area contributed by atoms with Gasteiger partial charge in [0.25, 0.3) is 0 Å². The normalized spacial score (nSPS) is 18.9. The first-order valence-corrected chi connectivity index (χ1v) is 6.31. The molecular weight excluding hydrogens is 224 g/mol. The Hall–Kier alpha value is -1.19. The second-order valence-electron chi connectivity index (χ2n) is 3.74. The monoisotopic (exact) mass is 240 g/mol. The Bertz CT molecular complexity index is 359. The maximum atomic E-state index is 8.12. The standard InChI is InChI=1S/C10H16N2S.CO2/c1-3-9-7-13-10(11-9)12-6-4-5-8(12)2;2-1-3/h7-8H,3-6H2,1-2H3;/t8-;/m0./s1. The largest absolute Gasteiger partial charge is 0.373 e. The highest BCUT2D eigenvalue weighted by atomic mass is 32.1. The zero-order chi connectivity index (χ0) is 12.0. The summed E-state index contributed by atoms with van der Waals surface area (Å²) in [5, 5.41) is 3.40. The van der Waals surface area contributed by atoms with Crippen LogP contribution in [0.4, 0.5) is 5.13 Å². The molecular formula is C11H16N2O2S. The first-order valence-electron chi connectivity index (χ1n) is 5.43. The van der Waals surface area contributed by atoms with Crippen molar-refractivity contribution in [1.29, 1.82) is 0 Å². The van der Waals surface area contributed by atoms with Gasteiger partial charge in [-0.2, -0.15) is 9.59 Å². The summed E-state index contributed by atoms with van der Waals surface area (Å²) in [4.78, 5) is 23.3. The van der Waals surface area contributed by atoms with Crippen molar-refractivity contribution in [1.82, 2.24) is 4.98 Å². The molecule has 0 N–H and O–H groups in total. The molecule has 1 aromatic rings. The van der Waals surface area contributed by atoms with E-state index in [9.17, 15) is 0 Å². The number of carbonyl (C=O) groups excluding carboxylic acids is 2. The van der Waals surface area contributed by atoms with Crippen LogP contribution in [0.3, 0.4) is 0 Å². The maximum Gasteiger partial charge on any atom is 0.373 e.